The van der Waals surface area contributed by atoms with E-state index in [1.165, 1.54) is 0 Å². The highest BCUT2D eigenvalue weighted by Crippen LogP contribution is 2.30. The summed E-state index contributed by atoms with van der Waals surface area (Å²) in [4.78, 5) is 12.5. The molecule has 0 aliphatic carbocycles. The Morgan fingerprint density at radius 2 is 2.17 bits per heavy atom. The van der Waals surface area contributed by atoms with Gasteiger partial charge in [0.05, 0.1) is 7.11 Å². The molecule has 1 unspecified atom stereocenters. The second-order valence-electron chi connectivity index (χ2n) is 4.36. The van der Waals surface area contributed by atoms with E-state index >= 15 is 0 Å². The molecule has 5 nitrogen and oxygen atoms in total. The first-order valence-corrected chi connectivity index (χ1v) is 5.78. The molecule has 0 heterocycles. The van der Waals surface area contributed by atoms with E-state index in [4.69, 9.17) is 15.6 Å². The molecular weight excluding hydrogens is 232 g/mol. The van der Waals surface area contributed by atoms with E-state index in [9.17, 15) is 4.79 Å². The number of carboxylic acid groups (broad SMARTS) is 1. The molecule has 0 saturated carbocycles. The van der Waals surface area contributed by atoms with Gasteiger partial charge in [-0.1, -0.05) is 0 Å². The van der Waals surface area contributed by atoms with Crippen molar-refractivity contribution in [1.29, 1.82) is 0 Å². The minimum atomic E-state index is -0.840. The van der Waals surface area contributed by atoms with Crippen molar-refractivity contribution in [3.05, 3.63) is 23.8 Å². The van der Waals surface area contributed by atoms with Crippen LogP contribution in [0.15, 0.2) is 18.2 Å². The highest BCUT2D eigenvalue weighted by molar-refractivity contribution is 5.66. The predicted octanol–water partition coefficient (Wildman–Crippen LogP) is 1.63. The van der Waals surface area contributed by atoms with Crippen molar-refractivity contribution in [2.75, 3.05) is 26.1 Å². The quantitative estimate of drug-likeness (QED) is 0.804. The van der Waals surface area contributed by atoms with Crippen molar-refractivity contribution >= 4 is 11.7 Å². The molecule has 3 N–H and O–H groups in total. The monoisotopic (exact) mass is 252 g/mol. The third-order valence-corrected chi connectivity index (χ3v) is 2.80. The average molecular weight is 252 g/mol. The Kier molecular flexibility index (Phi) is 4.97. The van der Waals surface area contributed by atoms with Gasteiger partial charge in [0.2, 0.25) is 0 Å². The van der Waals surface area contributed by atoms with E-state index < -0.39 is 5.97 Å². The summed E-state index contributed by atoms with van der Waals surface area (Å²) in [5.41, 5.74) is 7.88. The van der Waals surface area contributed by atoms with Gasteiger partial charge in [0, 0.05) is 37.8 Å². The Hall–Kier alpha value is -1.75. The number of nitrogens with zero attached hydrogens (tertiary/aromatic N) is 1. The van der Waals surface area contributed by atoms with Gasteiger partial charge in [-0.25, -0.2) is 0 Å². The maximum absolute atomic E-state index is 10.6. The fourth-order valence-electron chi connectivity index (χ4n) is 1.72. The Morgan fingerprint density at radius 1 is 1.50 bits per heavy atom. The maximum atomic E-state index is 10.6. The zero-order valence-electron chi connectivity index (χ0n) is 11.0. The topological polar surface area (TPSA) is 75.8 Å². The van der Waals surface area contributed by atoms with Crippen molar-refractivity contribution < 1.29 is 14.6 Å². The molecular formula is C13H20N2O3. The molecule has 0 spiro atoms. The van der Waals surface area contributed by atoms with E-state index in [-0.39, 0.29) is 12.5 Å². The predicted molar refractivity (Wildman–Crippen MR) is 71.1 cm³/mol. The number of hydrogen-bond acceptors (Lipinski definition) is 4. The highest BCUT2D eigenvalue weighted by Gasteiger charge is 2.14. The lowest BCUT2D eigenvalue weighted by Crippen LogP contribution is -2.15. The number of rotatable bonds is 6. The molecule has 1 atom stereocenters. The van der Waals surface area contributed by atoms with Crippen LogP contribution in [0.4, 0.5) is 5.69 Å². The van der Waals surface area contributed by atoms with Gasteiger partial charge in [-0.15, -0.1) is 0 Å². The number of carboxylic acids is 1. The Bertz CT molecular complexity index is 419. The Morgan fingerprint density at radius 3 is 2.67 bits per heavy atom. The molecule has 0 bridgehead atoms. The number of benzene rings is 1. The number of carbonyl (C=O) groups is 1. The van der Waals surface area contributed by atoms with Crippen molar-refractivity contribution in [2.24, 2.45) is 5.73 Å². The van der Waals surface area contributed by atoms with Gasteiger partial charge >= 0.3 is 5.97 Å². The average Bonchev–Trinajstić information content (AvgIpc) is 2.34. The van der Waals surface area contributed by atoms with Crippen LogP contribution in [0.2, 0.25) is 0 Å². The number of aliphatic carboxylic acids is 1. The molecule has 1 aromatic carbocycles. The largest absolute Gasteiger partial charge is 0.496 e. The van der Waals surface area contributed by atoms with Gasteiger partial charge in [0.25, 0.3) is 0 Å². The molecule has 0 aromatic heterocycles. The molecule has 1 rings (SSSR count). The molecule has 0 amide bonds. The lowest BCUT2D eigenvalue weighted by Gasteiger charge is -2.19. The van der Waals surface area contributed by atoms with Gasteiger partial charge < -0.3 is 20.5 Å². The number of ether oxygens (including phenoxy) is 1. The first-order valence-electron chi connectivity index (χ1n) is 5.78. The summed E-state index contributed by atoms with van der Waals surface area (Å²) in [5.74, 6) is -0.147. The Labute approximate surface area is 107 Å². The minimum Gasteiger partial charge on any atom is -0.496 e. The summed E-state index contributed by atoms with van der Waals surface area (Å²) in [7, 11) is 5.46. The first kappa shape index (κ1) is 14.3. The smallest absolute Gasteiger partial charge is 0.303 e. The molecule has 18 heavy (non-hydrogen) atoms. The van der Waals surface area contributed by atoms with E-state index in [1.807, 2.05) is 37.2 Å². The zero-order chi connectivity index (χ0) is 13.7. The molecule has 0 saturated heterocycles. The Balaban J connectivity index is 2.96. The van der Waals surface area contributed by atoms with Crippen LogP contribution >= 0.6 is 0 Å². The summed E-state index contributed by atoms with van der Waals surface area (Å²) in [6.45, 7) is 0. The summed E-state index contributed by atoms with van der Waals surface area (Å²) >= 11 is 0. The van der Waals surface area contributed by atoms with Crippen molar-refractivity contribution in [2.45, 2.75) is 18.9 Å². The van der Waals surface area contributed by atoms with Crippen LogP contribution in [0.5, 0.6) is 5.75 Å². The van der Waals surface area contributed by atoms with E-state index in [2.05, 4.69) is 0 Å². The minimum absolute atomic E-state index is 0.0521. The fourth-order valence-corrected chi connectivity index (χ4v) is 1.72. The second kappa shape index (κ2) is 6.26. The number of hydrogen-bond donors (Lipinski definition) is 2. The van der Waals surface area contributed by atoms with E-state index in [1.54, 1.807) is 7.11 Å². The van der Waals surface area contributed by atoms with E-state index in [0.29, 0.717) is 12.2 Å². The molecule has 0 fully saturated rings. The number of anilines is 1. The van der Waals surface area contributed by atoms with Crippen LogP contribution in [-0.2, 0) is 4.79 Å². The lowest BCUT2D eigenvalue weighted by molar-refractivity contribution is -0.137. The van der Waals surface area contributed by atoms with Gasteiger partial charge in [-0.3, -0.25) is 4.79 Å². The summed E-state index contributed by atoms with van der Waals surface area (Å²) in [6.07, 6.45) is 0.444. The van der Waals surface area contributed by atoms with Gasteiger partial charge in [0.15, 0.2) is 0 Å². The maximum Gasteiger partial charge on any atom is 0.303 e. The third-order valence-electron chi connectivity index (χ3n) is 2.80. The SMILES string of the molecule is COc1ccc(N(C)C)cc1C(N)CCC(=O)O. The number of nitrogens with two attached hydrogens (primary N) is 1. The fraction of sp³-hybridized carbons (Fsp3) is 0.462. The van der Waals surface area contributed by atoms with Crippen LogP contribution in [0, 0.1) is 0 Å². The third kappa shape index (κ3) is 3.63. The van der Waals surface area contributed by atoms with Gasteiger partial charge in [-0.2, -0.15) is 0 Å². The van der Waals surface area contributed by atoms with Gasteiger partial charge in [0.1, 0.15) is 5.75 Å². The number of methoxy groups -OCH3 is 1. The zero-order valence-corrected chi connectivity index (χ0v) is 11.0. The molecule has 100 valence electrons. The second-order valence-corrected chi connectivity index (χ2v) is 4.36. The first-order chi connectivity index (χ1) is 8.45. The highest BCUT2D eigenvalue weighted by atomic mass is 16.5. The van der Waals surface area contributed by atoms with Crippen molar-refractivity contribution in [1.82, 2.24) is 0 Å². The van der Waals surface area contributed by atoms with Crippen LogP contribution in [0.25, 0.3) is 0 Å². The molecule has 0 aliphatic rings. The normalized spacial score (nSPS) is 12.0. The summed E-state index contributed by atoms with van der Waals surface area (Å²) < 4.78 is 5.26. The van der Waals surface area contributed by atoms with E-state index in [0.717, 1.165) is 11.3 Å². The molecule has 0 radical (unpaired) electrons. The summed E-state index contributed by atoms with van der Waals surface area (Å²) in [6, 6.07) is 5.39. The van der Waals surface area contributed by atoms with Crippen LogP contribution in [0.3, 0.4) is 0 Å². The van der Waals surface area contributed by atoms with Crippen LogP contribution in [0.1, 0.15) is 24.4 Å². The molecule has 0 aliphatic heterocycles. The van der Waals surface area contributed by atoms with Crippen molar-refractivity contribution in [3.63, 3.8) is 0 Å². The molecule has 5 heteroatoms. The van der Waals surface area contributed by atoms with Gasteiger partial charge in [-0.05, 0) is 24.6 Å². The molecule has 1 aromatic rings. The van der Waals surface area contributed by atoms with Crippen LogP contribution < -0.4 is 15.4 Å². The lowest BCUT2D eigenvalue weighted by atomic mass is 10.0. The standard InChI is InChI=1S/C13H20N2O3/c1-15(2)9-4-6-12(18-3)10(8-9)11(14)5-7-13(16)17/h4,6,8,11H,5,7,14H2,1-3H3,(H,16,17). The van der Waals surface area contributed by atoms with Crippen LogP contribution in [-0.4, -0.2) is 32.3 Å². The van der Waals surface area contributed by atoms with Crippen molar-refractivity contribution in [3.8, 4) is 5.75 Å². The summed E-state index contributed by atoms with van der Waals surface area (Å²) in [5, 5.41) is 8.68.